The van der Waals surface area contributed by atoms with Gasteiger partial charge in [-0.15, -0.1) is 0 Å². The topological polar surface area (TPSA) is 64.4 Å². The van der Waals surface area contributed by atoms with Crippen molar-refractivity contribution in [1.82, 2.24) is 10.5 Å². The number of aromatic nitrogens is 1. The molecule has 0 atom stereocenters. The van der Waals surface area contributed by atoms with Crippen LogP contribution in [0.25, 0.3) is 17.2 Å². The zero-order valence-corrected chi connectivity index (χ0v) is 11.7. The molecule has 0 bridgehead atoms. The minimum atomic E-state index is -0.377. The Morgan fingerprint density at radius 3 is 2.73 bits per heavy atom. The molecule has 1 N–H and O–H groups in total. The van der Waals surface area contributed by atoms with Crippen LogP contribution in [0, 0.1) is 0 Å². The highest BCUT2D eigenvalue weighted by atomic mass is 16.6. The fourth-order valence-corrected chi connectivity index (χ4v) is 1.91. The van der Waals surface area contributed by atoms with Crippen molar-refractivity contribution in [2.45, 2.75) is 6.61 Å². The Morgan fingerprint density at radius 2 is 1.91 bits per heavy atom. The number of rotatable bonds is 5. The van der Waals surface area contributed by atoms with Crippen LogP contribution in [-0.4, -0.2) is 10.9 Å². The minimum absolute atomic E-state index is 0.309. The van der Waals surface area contributed by atoms with E-state index in [4.69, 9.17) is 9.25 Å². The number of amides is 1. The van der Waals surface area contributed by atoms with Gasteiger partial charge in [0.25, 0.3) is 5.91 Å². The first-order chi connectivity index (χ1) is 10.8. The summed E-state index contributed by atoms with van der Waals surface area (Å²) in [5, 5.41) is 0. The number of benzene rings is 2. The Labute approximate surface area is 127 Å². The van der Waals surface area contributed by atoms with E-state index >= 15 is 0 Å². The molecule has 3 rings (SSSR count). The number of carbonyl (C=O) groups excluding carboxylic acids is 1. The summed E-state index contributed by atoms with van der Waals surface area (Å²) < 4.78 is 5.47. The third-order valence-electron chi connectivity index (χ3n) is 2.94. The summed E-state index contributed by atoms with van der Waals surface area (Å²) in [7, 11) is 0. The van der Waals surface area contributed by atoms with Crippen LogP contribution in [-0.2, 0) is 16.2 Å². The Hall–Kier alpha value is -2.92. The van der Waals surface area contributed by atoms with Crippen molar-refractivity contribution in [3.05, 3.63) is 72.1 Å². The van der Waals surface area contributed by atoms with Gasteiger partial charge in [0, 0.05) is 12.2 Å². The van der Waals surface area contributed by atoms with E-state index in [1.807, 2.05) is 54.6 Å². The number of nitrogens with zero attached hydrogens (tertiary/aromatic N) is 1. The number of oxazole rings is 1. The van der Waals surface area contributed by atoms with Crippen LogP contribution >= 0.6 is 0 Å². The first-order valence-electron chi connectivity index (χ1n) is 6.80. The smallest absolute Gasteiger partial charge is 0.267 e. The number of carbonyl (C=O) groups is 1. The fourth-order valence-electron chi connectivity index (χ4n) is 1.91. The van der Waals surface area contributed by atoms with Crippen LogP contribution in [0.15, 0.2) is 65.1 Å². The number of hydroxylamine groups is 1. The van der Waals surface area contributed by atoms with Gasteiger partial charge in [-0.3, -0.25) is 9.63 Å². The lowest BCUT2D eigenvalue weighted by atomic mass is 10.2. The predicted molar refractivity (Wildman–Crippen MR) is 82.4 cm³/mol. The lowest BCUT2D eigenvalue weighted by Gasteiger charge is -2.02. The van der Waals surface area contributed by atoms with Gasteiger partial charge in [-0.1, -0.05) is 42.5 Å². The molecule has 3 aromatic rings. The van der Waals surface area contributed by atoms with Crippen molar-refractivity contribution in [1.29, 1.82) is 0 Å². The van der Waals surface area contributed by atoms with Gasteiger partial charge in [-0.2, -0.15) is 0 Å². The molecule has 5 nitrogen and oxygen atoms in total. The van der Waals surface area contributed by atoms with Crippen LogP contribution in [0.3, 0.4) is 0 Å². The normalized spacial score (nSPS) is 11.1. The molecule has 1 heterocycles. The number of hydrogen-bond acceptors (Lipinski definition) is 4. The summed E-state index contributed by atoms with van der Waals surface area (Å²) in [6.07, 6.45) is 2.82. The van der Waals surface area contributed by atoms with Gasteiger partial charge in [-0.05, 0) is 17.7 Å². The van der Waals surface area contributed by atoms with Crippen LogP contribution in [0.1, 0.15) is 11.5 Å². The zero-order valence-electron chi connectivity index (χ0n) is 11.7. The highest BCUT2D eigenvalue weighted by molar-refractivity contribution is 5.90. The van der Waals surface area contributed by atoms with Crippen molar-refractivity contribution in [2.24, 2.45) is 0 Å². The molecule has 0 unspecified atom stereocenters. The molecule has 0 aliphatic rings. The van der Waals surface area contributed by atoms with Gasteiger partial charge in [0.15, 0.2) is 5.58 Å². The summed E-state index contributed by atoms with van der Waals surface area (Å²) in [6, 6.07) is 17.0. The maximum atomic E-state index is 11.6. The first-order valence-corrected chi connectivity index (χ1v) is 6.80. The van der Waals surface area contributed by atoms with Crippen molar-refractivity contribution in [2.75, 3.05) is 0 Å². The van der Waals surface area contributed by atoms with E-state index in [0.29, 0.717) is 18.1 Å². The number of fused-ring (bicyclic) bond motifs is 1. The van der Waals surface area contributed by atoms with E-state index in [1.165, 1.54) is 12.2 Å². The molecule has 1 amide bonds. The van der Waals surface area contributed by atoms with E-state index in [0.717, 1.165) is 11.1 Å². The van der Waals surface area contributed by atoms with Crippen LogP contribution in [0.5, 0.6) is 0 Å². The molecular formula is C17H14N2O3. The Balaban J connectivity index is 1.52. The average Bonchev–Trinajstić information content (AvgIpc) is 2.97. The Bertz CT molecular complexity index is 761. The summed E-state index contributed by atoms with van der Waals surface area (Å²) in [6.45, 7) is 0.309. The summed E-state index contributed by atoms with van der Waals surface area (Å²) in [5.74, 6) is -0.00223. The second kappa shape index (κ2) is 6.69. The molecule has 1 aromatic heterocycles. The lowest BCUT2D eigenvalue weighted by Crippen LogP contribution is -2.21. The van der Waals surface area contributed by atoms with Crippen molar-refractivity contribution in [3.63, 3.8) is 0 Å². The van der Waals surface area contributed by atoms with Crippen molar-refractivity contribution in [3.8, 4) is 0 Å². The number of hydrogen-bond donors (Lipinski definition) is 1. The van der Waals surface area contributed by atoms with Gasteiger partial charge in [0.05, 0.1) is 6.61 Å². The predicted octanol–water partition coefficient (Wildman–Crippen LogP) is 3.09. The molecule has 2 aromatic carbocycles. The maximum absolute atomic E-state index is 11.6. The SMILES string of the molecule is O=C(/C=C/c1nc2ccccc2o1)NOCc1ccccc1. The first kappa shape index (κ1) is 14.0. The molecule has 5 heteroatoms. The molecular weight excluding hydrogens is 280 g/mol. The van der Waals surface area contributed by atoms with Crippen LogP contribution in [0.2, 0.25) is 0 Å². The van der Waals surface area contributed by atoms with Crippen LogP contribution in [0.4, 0.5) is 0 Å². The van der Waals surface area contributed by atoms with Crippen molar-refractivity contribution >= 4 is 23.1 Å². The quantitative estimate of drug-likeness (QED) is 0.580. The third kappa shape index (κ3) is 3.59. The van der Waals surface area contributed by atoms with Crippen LogP contribution < -0.4 is 5.48 Å². The van der Waals surface area contributed by atoms with Gasteiger partial charge in [0.2, 0.25) is 5.89 Å². The van der Waals surface area contributed by atoms with E-state index in [2.05, 4.69) is 10.5 Å². The molecule has 0 spiro atoms. The Kier molecular flexibility index (Phi) is 4.27. The molecule has 110 valence electrons. The molecule has 0 aliphatic carbocycles. The molecule has 0 fully saturated rings. The molecule has 0 saturated heterocycles. The second-order valence-corrected chi connectivity index (χ2v) is 4.59. The molecule has 22 heavy (non-hydrogen) atoms. The van der Waals surface area contributed by atoms with Gasteiger partial charge >= 0.3 is 0 Å². The van der Waals surface area contributed by atoms with Gasteiger partial charge < -0.3 is 4.42 Å². The largest absolute Gasteiger partial charge is 0.437 e. The molecule has 0 saturated carbocycles. The molecule has 0 radical (unpaired) electrons. The maximum Gasteiger partial charge on any atom is 0.267 e. The second-order valence-electron chi connectivity index (χ2n) is 4.59. The Morgan fingerprint density at radius 1 is 1.14 bits per heavy atom. The van der Waals surface area contributed by atoms with Gasteiger partial charge in [0.1, 0.15) is 5.52 Å². The van der Waals surface area contributed by atoms with E-state index in [-0.39, 0.29) is 5.91 Å². The van der Waals surface area contributed by atoms with E-state index < -0.39 is 0 Å². The van der Waals surface area contributed by atoms with Gasteiger partial charge in [-0.25, -0.2) is 10.5 Å². The summed E-state index contributed by atoms with van der Waals surface area (Å²) in [4.78, 5) is 21.0. The fraction of sp³-hybridized carbons (Fsp3) is 0.0588. The third-order valence-corrected chi connectivity index (χ3v) is 2.94. The monoisotopic (exact) mass is 294 g/mol. The molecule has 0 aliphatic heterocycles. The standard InChI is InChI=1S/C17H14N2O3/c20-16(19-21-12-13-6-2-1-3-7-13)10-11-17-18-14-8-4-5-9-15(14)22-17/h1-11H,12H2,(H,19,20)/b11-10+. The van der Waals surface area contributed by atoms with Crippen molar-refractivity contribution < 1.29 is 14.0 Å². The zero-order chi connectivity index (χ0) is 15.2. The lowest BCUT2D eigenvalue weighted by molar-refractivity contribution is -0.129. The highest BCUT2D eigenvalue weighted by Crippen LogP contribution is 2.15. The summed E-state index contributed by atoms with van der Waals surface area (Å²) >= 11 is 0. The number of nitrogens with one attached hydrogen (secondary N) is 1. The average molecular weight is 294 g/mol. The summed E-state index contributed by atoms with van der Waals surface area (Å²) in [5.41, 5.74) is 4.75. The minimum Gasteiger partial charge on any atom is -0.437 e. The number of para-hydroxylation sites is 2. The van der Waals surface area contributed by atoms with E-state index in [9.17, 15) is 4.79 Å². The highest BCUT2D eigenvalue weighted by Gasteiger charge is 2.02. The van der Waals surface area contributed by atoms with E-state index in [1.54, 1.807) is 0 Å².